The van der Waals surface area contributed by atoms with Crippen molar-refractivity contribution in [1.29, 1.82) is 0 Å². The van der Waals surface area contributed by atoms with Crippen LogP contribution < -0.4 is 16.4 Å². The molecule has 0 saturated carbocycles. The van der Waals surface area contributed by atoms with Gasteiger partial charge in [-0.25, -0.2) is 9.59 Å². The molecule has 0 aliphatic rings. The fourth-order valence-electron chi connectivity index (χ4n) is 2.02. The number of carbonyl (C=O) groups is 3. The van der Waals surface area contributed by atoms with Crippen LogP contribution in [0.25, 0.3) is 0 Å². The van der Waals surface area contributed by atoms with E-state index in [0.717, 1.165) is 6.42 Å². The largest absolute Gasteiger partial charge is 0.479 e. The number of unbranched alkanes of at least 4 members (excludes halogenated alkanes) is 1. The number of carboxylic acid groups (broad SMARTS) is 1. The highest BCUT2D eigenvalue weighted by molar-refractivity contribution is 5.90. The van der Waals surface area contributed by atoms with Crippen molar-refractivity contribution in [3.05, 3.63) is 35.9 Å². The molecule has 0 aromatic heterocycles. The first-order chi connectivity index (χ1) is 10.5. The Labute approximate surface area is 128 Å². The van der Waals surface area contributed by atoms with Crippen molar-refractivity contribution in [3.8, 4) is 0 Å². The van der Waals surface area contributed by atoms with Crippen molar-refractivity contribution in [2.75, 3.05) is 0 Å². The van der Waals surface area contributed by atoms with Crippen molar-refractivity contribution in [2.45, 2.75) is 38.3 Å². The lowest BCUT2D eigenvalue weighted by Gasteiger charge is -2.20. The van der Waals surface area contributed by atoms with Crippen molar-refractivity contribution in [2.24, 2.45) is 5.73 Å². The topological polar surface area (TPSA) is 122 Å². The predicted molar refractivity (Wildman–Crippen MR) is 81.0 cm³/mol. The van der Waals surface area contributed by atoms with Crippen LogP contribution >= 0.6 is 0 Å². The molecule has 0 saturated heterocycles. The summed E-state index contributed by atoms with van der Waals surface area (Å²) >= 11 is 0. The van der Waals surface area contributed by atoms with Crippen LogP contribution in [0, 0.1) is 0 Å². The van der Waals surface area contributed by atoms with Gasteiger partial charge in [-0.05, 0) is 12.0 Å². The Balaban J connectivity index is 2.83. The van der Waals surface area contributed by atoms with Crippen LogP contribution in [0.1, 0.15) is 37.8 Å². The molecule has 1 unspecified atom stereocenters. The first-order valence-electron chi connectivity index (χ1n) is 7.09. The number of rotatable bonds is 8. The molecule has 120 valence electrons. The van der Waals surface area contributed by atoms with E-state index in [1.54, 1.807) is 30.3 Å². The van der Waals surface area contributed by atoms with Gasteiger partial charge in [0, 0.05) is 0 Å². The number of hydrogen-bond donors (Lipinski definition) is 4. The molecular formula is C15H21N3O4. The Morgan fingerprint density at radius 2 is 1.82 bits per heavy atom. The summed E-state index contributed by atoms with van der Waals surface area (Å²) in [6.07, 6.45) is 1.94. The minimum atomic E-state index is -1.17. The van der Waals surface area contributed by atoms with Crippen LogP contribution in [0.5, 0.6) is 0 Å². The zero-order valence-corrected chi connectivity index (χ0v) is 12.4. The van der Waals surface area contributed by atoms with Crippen LogP contribution in [-0.2, 0) is 9.59 Å². The molecule has 1 aromatic rings. The Morgan fingerprint density at radius 3 is 2.32 bits per heavy atom. The molecule has 22 heavy (non-hydrogen) atoms. The molecule has 0 fully saturated rings. The molecule has 7 nitrogen and oxygen atoms in total. The first-order valence-corrected chi connectivity index (χ1v) is 7.09. The third kappa shape index (κ3) is 5.43. The van der Waals surface area contributed by atoms with Gasteiger partial charge >= 0.3 is 12.0 Å². The van der Waals surface area contributed by atoms with Gasteiger partial charge in [0.1, 0.15) is 6.04 Å². The smallest absolute Gasteiger partial charge is 0.330 e. The number of urea groups is 1. The molecule has 0 bridgehead atoms. The van der Waals surface area contributed by atoms with E-state index in [-0.39, 0.29) is 0 Å². The fourth-order valence-corrected chi connectivity index (χ4v) is 2.02. The number of nitrogens with one attached hydrogen (secondary N) is 2. The lowest BCUT2D eigenvalue weighted by atomic mass is 10.1. The van der Waals surface area contributed by atoms with Gasteiger partial charge in [-0.1, -0.05) is 50.1 Å². The molecule has 2 atom stereocenters. The highest BCUT2D eigenvalue weighted by Gasteiger charge is 2.26. The van der Waals surface area contributed by atoms with Gasteiger partial charge in [0.25, 0.3) is 0 Å². The minimum Gasteiger partial charge on any atom is -0.479 e. The van der Waals surface area contributed by atoms with Crippen LogP contribution in [0.2, 0.25) is 0 Å². The zero-order chi connectivity index (χ0) is 16.5. The van der Waals surface area contributed by atoms with E-state index in [1.165, 1.54) is 0 Å². The maximum absolute atomic E-state index is 12.2. The third-order valence-corrected chi connectivity index (χ3v) is 3.15. The second-order valence-corrected chi connectivity index (χ2v) is 4.89. The average Bonchev–Trinajstić information content (AvgIpc) is 2.49. The van der Waals surface area contributed by atoms with Gasteiger partial charge in [0.05, 0.1) is 0 Å². The summed E-state index contributed by atoms with van der Waals surface area (Å²) in [4.78, 5) is 34.6. The summed E-state index contributed by atoms with van der Waals surface area (Å²) in [5, 5.41) is 14.1. The normalized spacial score (nSPS) is 13.0. The number of hydrogen-bond acceptors (Lipinski definition) is 3. The summed E-state index contributed by atoms with van der Waals surface area (Å²) in [5.41, 5.74) is 5.51. The molecule has 0 spiro atoms. The van der Waals surface area contributed by atoms with E-state index in [1.807, 2.05) is 6.92 Å². The van der Waals surface area contributed by atoms with Crippen molar-refractivity contribution in [3.63, 3.8) is 0 Å². The molecule has 5 N–H and O–H groups in total. The predicted octanol–water partition coefficient (Wildman–Crippen LogP) is 1.16. The van der Waals surface area contributed by atoms with Gasteiger partial charge in [-0.3, -0.25) is 4.79 Å². The van der Waals surface area contributed by atoms with Crippen molar-refractivity contribution in [1.82, 2.24) is 10.6 Å². The monoisotopic (exact) mass is 307 g/mol. The molecule has 3 amide bonds. The summed E-state index contributed by atoms with van der Waals surface area (Å²) in [7, 11) is 0. The summed E-state index contributed by atoms with van der Waals surface area (Å²) in [6, 6.07) is 5.52. The minimum absolute atomic E-state index is 0.395. The van der Waals surface area contributed by atoms with E-state index < -0.39 is 30.0 Å². The molecule has 1 rings (SSSR count). The van der Waals surface area contributed by atoms with Crippen molar-refractivity contribution >= 4 is 17.9 Å². The maximum Gasteiger partial charge on any atom is 0.330 e. The van der Waals surface area contributed by atoms with E-state index >= 15 is 0 Å². The van der Waals surface area contributed by atoms with E-state index in [0.29, 0.717) is 18.4 Å². The van der Waals surface area contributed by atoms with Crippen LogP contribution in [0.3, 0.4) is 0 Å². The molecule has 1 aromatic carbocycles. The molecule has 0 heterocycles. The SMILES string of the molecule is CCCCC(NC(N)=O)C(=O)N[C@H](C(=O)O)c1ccccc1. The van der Waals surface area contributed by atoms with E-state index in [4.69, 9.17) is 5.73 Å². The third-order valence-electron chi connectivity index (χ3n) is 3.15. The fraction of sp³-hybridized carbons (Fsp3) is 0.400. The van der Waals surface area contributed by atoms with Gasteiger partial charge in [0.15, 0.2) is 6.04 Å². The maximum atomic E-state index is 12.2. The second-order valence-electron chi connectivity index (χ2n) is 4.89. The van der Waals surface area contributed by atoms with Crippen LogP contribution in [0.15, 0.2) is 30.3 Å². The average molecular weight is 307 g/mol. The van der Waals surface area contributed by atoms with E-state index in [2.05, 4.69) is 10.6 Å². The highest BCUT2D eigenvalue weighted by Crippen LogP contribution is 2.13. The summed E-state index contributed by atoms with van der Waals surface area (Å²) in [5.74, 6) is -1.74. The summed E-state index contributed by atoms with van der Waals surface area (Å²) in [6.45, 7) is 1.95. The number of benzene rings is 1. The lowest BCUT2D eigenvalue weighted by molar-refractivity contribution is -0.142. The van der Waals surface area contributed by atoms with Gasteiger partial charge in [0.2, 0.25) is 5.91 Å². The molecule has 0 radical (unpaired) electrons. The lowest BCUT2D eigenvalue weighted by Crippen LogP contribution is -2.50. The van der Waals surface area contributed by atoms with Crippen molar-refractivity contribution < 1.29 is 19.5 Å². The Kier molecular flexibility index (Phi) is 6.88. The van der Waals surface area contributed by atoms with E-state index in [9.17, 15) is 19.5 Å². The van der Waals surface area contributed by atoms with Gasteiger partial charge in [-0.15, -0.1) is 0 Å². The molecule has 7 heteroatoms. The number of carboxylic acids is 1. The number of aliphatic carboxylic acids is 1. The standard InChI is InChI=1S/C15H21N3O4/c1-2-3-9-11(17-15(16)22)13(19)18-12(14(20)21)10-7-5-4-6-8-10/h4-8,11-12H,2-3,9H2,1H3,(H,18,19)(H,20,21)(H3,16,17,22)/t11?,12-/m0/s1. The molecule has 0 aliphatic heterocycles. The number of amides is 3. The Hall–Kier alpha value is -2.57. The van der Waals surface area contributed by atoms with Gasteiger partial charge < -0.3 is 21.5 Å². The van der Waals surface area contributed by atoms with Crippen LogP contribution in [-0.4, -0.2) is 29.1 Å². The molecular weight excluding hydrogens is 286 g/mol. The Morgan fingerprint density at radius 1 is 1.18 bits per heavy atom. The Bertz CT molecular complexity index is 519. The summed E-state index contributed by atoms with van der Waals surface area (Å²) < 4.78 is 0. The highest BCUT2D eigenvalue weighted by atomic mass is 16.4. The van der Waals surface area contributed by atoms with Gasteiger partial charge in [-0.2, -0.15) is 0 Å². The number of nitrogens with two attached hydrogens (primary N) is 1. The number of primary amides is 1. The zero-order valence-electron chi connectivity index (χ0n) is 12.4. The van der Waals surface area contributed by atoms with Crippen LogP contribution in [0.4, 0.5) is 4.79 Å². The molecule has 0 aliphatic carbocycles. The second kappa shape index (κ2) is 8.66. The first kappa shape index (κ1) is 17.5. The number of carbonyl (C=O) groups excluding carboxylic acids is 2. The quantitative estimate of drug-likeness (QED) is 0.575.